The van der Waals surface area contributed by atoms with Crippen molar-refractivity contribution >= 4 is 11.0 Å². The number of aryl methyl sites for hydroxylation is 1. The van der Waals surface area contributed by atoms with Gasteiger partial charge in [0.1, 0.15) is 5.69 Å². The zero-order valence-electron chi connectivity index (χ0n) is 13.9. The minimum Gasteiger partial charge on any atom is -0.383 e. The molecule has 1 unspecified atom stereocenters. The average Bonchev–Trinajstić information content (AvgIpc) is 2.63. The second kappa shape index (κ2) is 7.38. The number of nitrogens with zero attached hydrogens (tertiary/aromatic N) is 2. The van der Waals surface area contributed by atoms with Gasteiger partial charge in [0.05, 0.1) is 23.7 Å². The standard InChI is InChI=1S/C19H21N3O2/c1-22-18-11-7-6-10-15(18)21-16(19(22)23)12-20-17(13-24-2)14-8-4-3-5-9-14/h3-11,17,20H,12-13H2,1-2H3. The van der Waals surface area contributed by atoms with Gasteiger partial charge in [0.2, 0.25) is 0 Å². The number of nitrogens with one attached hydrogen (secondary N) is 1. The molecule has 0 aliphatic heterocycles. The molecule has 1 heterocycles. The lowest BCUT2D eigenvalue weighted by atomic mass is 10.1. The number of aromatic nitrogens is 2. The molecule has 1 N–H and O–H groups in total. The van der Waals surface area contributed by atoms with Crippen molar-refractivity contribution in [2.45, 2.75) is 12.6 Å². The third kappa shape index (κ3) is 3.37. The SMILES string of the molecule is COCC(NCc1nc2ccccc2n(C)c1=O)c1ccccc1. The van der Waals surface area contributed by atoms with Crippen LogP contribution < -0.4 is 10.9 Å². The van der Waals surface area contributed by atoms with E-state index in [2.05, 4.69) is 10.3 Å². The molecule has 0 fully saturated rings. The number of hydrogen-bond donors (Lipinski definition) is 1. The molecule has 0 aliphatic rings. The second-order valence-electron chi connectivity index (χ2n) is 5.71. The molecule has 2 aromatic carbocycles. The van der Waals surface area contributed by atoms with Crippen LogP contribution in [0.5, 0.6) is 0 Å². The molecule has 1 atom stereocenters. The Morgan fingerprint density at radius 2 is 1.83 bits per heavy atom. The summed E-state index contributed by atoms with van der Waals surface area (Å²) < 4.78 is 6.95. The topological polar surface area (TPSA) is 56.1 Å². The van der Waals surface area contributed by atoms with E-state index in [1.807, 2.05) is 54.6 Å². The first-order valence-electron chi connectivity index (χ1n) is 7.92. The van der Waals surface area contributed by atoms with Crippen LogP contribution in [0.1, 0.15) is 17.3 Å². The van der Waals surface area contributed by atoms with Gasteiger partial charge in [-0.1, -0.05) is 42.5 Å². The molecular formula is C19H21N3O2. The van der Waals surface area contributed by atoms with E-state index in [1.54, 1.807) is 18.7 Å². The molecule has 0 spiro atoms. The first-order valence-corrected chi connectivity index (χ1v) is 7.92. The molecule has 3 aromatic rings. The fourth-order valence-electron chi connectivity index (χ4n) is 2.80. The van der Waals surface area contributed by atoms with Crippen molar-refractivity contribution < 1.29 is 4.74 Å². The lowest BCUT2D eigenvalue weighted by Gasteiger charge is -2.18. The van der Waals surface area contributed by atoms with E-state index in [4.69, 9.17) is 4.74 Å². The second-order valence-corrected chi connectivity index (χ2v) is 5.71. The monoisotopic (exact) mass is 323 g/mol. The molecule has 0 saturated carbocycles. The Kier molecular flexibility index (Phi) is 5.03. The zero-order valence-corrected chi connectivity index (χ0v) is 13.9. The van der Waals surface area contributed by atoms with Crippen LogP contribution in [-0.2, 0) is 18.3 Å². The van der Waals surface area contributed by atoms with Crippen LogP contribution in [0.25, 0.3) is 11.0 Å². The maximum absolute atomic E-state index is 12.5. The summed E-state index contributed by atoms with van der Waals surface area (Å²) in [6.07, 6.45) is 0. The number of para-hydroxylation sites is 2. The Morgan fingerprint density at radius 3 is 2.58 bits per heavy atom. The Hall–Kier alpha value is -2.50. The molecule has 1 aromatic heterocycles. The molecule has 5 nitrogen and oxygen atoms in total. The van der Waals surface area contributed by atoms with Gasteiger partial charge in [-0.3, -0.25) is 4.79 Å². The average molecular weight is 323 g/mol. The summed E-state index contributed by atoms with van der Waals surface area (Å²) in [6.45, 7) is 0.915. The summed E-state index contributed by atoms with van der Waals surface area (Å²) in [5.41, 5.74) is 3.21. The van der Waals surface area contributed by atoms with E-state index in [-0.39, 0.29) is 11.6 Å². The van der Waals surface area contributed by atoms with Crippen LogP contribution >= 0.6 is 0 Å². The molecule has 0 bridgehead atoms. The van der Waals surface area contributed by atoms with Gasteiger partial charge < -0.3 is 14.6 Å². The van der Waals surface area contributed by atoms with Crippen molar-refractivity contribution in [1.82, 2.24) is 14.9 Å². The van der Waals surface area contributed by atoms with Crippen molar-refractivity contribution in [1.29, 1.82) is 0 Å². The molecular weight excluding hydrogens is 302 g/mol. The van der Waals surface area contributed by atoms with Crippen molar-refractivity contribution in [3.8, 4) is 0 Å². The number of fused-ring (bicyclic) bond motifs is 1. The minimum atomic E-state index is -0.0783. The molecule has 5 heteroatoms. The van der Waals surface area contributed by atoms with E-state index < -0.39 is 0 Å². The largest absolute Gasteiger partial charge is 0.383 e. The first-order chi connectivity index (χ1) is 11.7. The minimum absolute atomic E-state index is 0.00850. The van der Waals surface area contributed by atoms with Gasteiger partial charge in [0.15, 0.2) is 0 Å². The third-order valence-corrected chi connectivity index (χ3v) is 4.10. The summed E-state index contributed by atoms with van der Waals surface area (Å²) in [6, 6.07) is 17.7. The highest BCUT2D eigenvalue weighted by atomic mass is 16.5. The Balaban J connectivity index is 1.86. The summed E-state index contributed by atoms with van der Waals surface area (Å²) in [5.74, 6) is 0. The van der Waals surface area contributed by atoms with Crippen LogP contribution in [-0.4, -0.2) is 23.3 Å². The highest BCUT2D eigenvalue weighted by Crippen LogP contribution is 2.14. The predicted molar refractivity (Wildman–Crippen MR) is 94.9 cm³/mol. The van der Waals surface area contributed by atoms with Gasteiger partial charge in [-0.05, 0) is 17.7 Å². The van der Waals surface area contributed by atoms with E-state index in [0.29, 0.717) is 18.8 Å². The summed E-state index contributed by atoms with van der Waals surface area (Å²) in [4.78, 5) is 17.0. The first kappa shape index (κ1) is 16.4. The van der Waals surface area contributed by atoms with Crippen LogP contribution in [0, 0.1) is 0 Å². The number of hydrogen-bond acceptors (Lipinski definition) is 4. The Bertz CT molecular complexity index is 875. The van der Waals surface area contributed by atoms with Crippen LogP contribution in [0.4, 0.5) is 0 Å². The van der Waals surface area contributed by atoms with Gasteiger partial charge >= 0.3 is 0 Å². The van der Waals surface area contributed by atoms with Gasteiger partial charge in [-0.15, -0.1) is 0 Å². The smallest absolute Gasteiger partial charge is 0.273 e. The maximum atomic E-state index is 12.5. The lowest BCUT2D eigenvalue weighted by molar-refractivity contribution is 0.166. The maximum Gasteiger partial charge on any atom is 0.273 e. The number of methoxy groups -OCH3 is 1. The number of benzene rings is 2. The molecule has 0 amide bonds. The van der Waals surface area contributed by atoms with Crippen molar-refractivity contribution in [3.63, 3.8) is 0 Å². The van der Waals surface area contributed by atoms with Crippen molar-refractivity contribution in [3.05, 3.63) is 76.2 Å². The summed E-state index contributed by atoms with van der Waals surface area (Å²) in [7, 11) is 3.45. The van der Waals surface area contributed by atoms with Gasteiger partial charge in [-0.25, -0.2) is 4.98 Å². The summed E-state index contributed by atoms with van der Waals surface area (Å²) in [5, 5.41) is 3.39. The summed E-state index contributed by atoms with van der Waals surface area (Å²) >= 11 is 0. The molecule has 0 aliphatic carbocycles. The van der Waals surface area contributed by atoms with Gasteiger partial charge in [0.25, 0.3) is 5.56 Å². The highest BCUT2D eigenvalue weighted by Gasteiger charge is 2.13. The van der Waals surface area contributed by atoms with Crippen molar-refractivity contribution in [2.75, 3.05) is 13.7 Å². The molecule has 0 radical (unpaired) electrons. The third-order valence-electron chi connectivity index (χ3n) is 4.10. The van der Waals surface area contributed by atoms with Crippen LogP contribution in [0.3, 0.4) is 0 Å². The van der Waals surface area contributed by atoms with Crippen LogP contribution in [0.15, 0.2) is 59.4 Å². The highest BCUT2D eigenvalue weighted by molar-refractivity contribution is 5.74. The lowest BCUT2D eigenvalue weighted by Crippen LogP contribution is -2.31. The molecule has 3 rings (SSSR count). The van der Waals surface area contributed by atoms with E-state index in [0.717, 1.165) is 16.6 Å². The fraction of sp³-hybridized carbons (Fsp3) is 0.263. The molecule has 124 valence electrons. The number of ether oxygens (including phenoxy) is 1. The molecule has 24 heavy (non-hydrogen) atoms. The quantitative estimate of drug-likeness (QED) is 0.757. The van der Waals surface area contributed by atoms with Gasteiger partial charge in [-0.2, -0.15) is 0 Å². The van der Waals surface area contributed by atoms with Crippen molar-refractivity contribution in [2.24, 2.45) is 7.05 Å². The normalized spacial score (nSPS) is 12.4. The predicted octanol–water partition coefficient (Wildman–Crippen LogP) is 2.41. The number of rotatable bonds is 6. The van der Waals surface area contributed by atoms with E-state index in [9.17, 15) is 4.79 Å². The fourth-order valence-corrected chi connectivity index (χ4v) is 2.80. The van der Waals surface area contributed by atoms with Gasteiger partial charge in [0, 0.05) is 20.7 Å². The Labute approximate surface area is 140 Å². The van der Waals surface area contributed by atoms with Crippen LogP contribution in [0.2, 0.25) is 0 Å². The Morgan fingerprint density at radius 1 is 1.12 bits per heavy atom. The zero-order chi connectivity index (χ0) is 16.9. The van der Waals surface area contributed by atoms with E-state index >= 15 is 0 Å². The molecule has 0 saturated heterocycles. The van der Waals surface area contributed by atoms with E-state index in [1.165, 1.54) is 0 Å².